The molecule has 2 aliphatic heterocycles. The first-order valence-corrected chi connectivity index (χ1v) is 15.7. The number of hydrogen-bond acceptors (Lipinski definition) is 8. The second-order valence-electron chi connectivity index (χ2n) is 10.1. The number of carbonyl (C=O) groups excluding carboxylic acids is 2. The largest absolute Gasteiger partial charge is 0.497 e. The number of hydrogen-bond donors (Lipinski definition) is 0. The molecule has 2 amide bonds. The molecule has 3 heterocycles. The van der Waals surface area contributed by atoms with Gasteiger partial charge in [-0.05, 0) is 54.7 Å². The van der Waals surface area contributed by atoms with E-state index in [0.717, 1.165) is 23.5 Å². The molecular weight excluding hydrogens is 545 g/mol. The molecule has 202 valence electrons. The molecule has 8 nitrogen and oxygen atoms in total. The smallest absolute Gasteiger partial charge is 0.266 e. The number of benzene rings is 1. The van der Waals surface area contributed by atoms with Crippen molar-refractivity contribution >= 4 is 56.0 Å². The first-order valence-electron chi connectivity index (χ1n) is 12.6. The number of furan rings is 1. The van der Waals surface area contributed by atoms with Gasteiger partial charge in [-0.3, -0.25) is 14.5 Å². The number of amides is 2. The van der Waals surface area contributed by atoms with Gasteiger partial charge >= 0.3 is 0 Å². The Kier molecular flexibility index (Phi) is 7.70. The average Bonchev–Trinajstić information content (AvgIpc) is 3.17. The van der Waals surface area contributed by atoms with Gasteiger partial charge in [-0.2, -0.15) is 0 Å². The molecular formula is C27H30N2O6S3. The second kappa shape index (κ2) is 10.9. The van der Waals surface area contributed by atoms with Crippen LogP contribution in [0.1, 0.15) is 49.2 Å². The average molecular weight is 575 g/mol. The maximum Gasteiger partial charge on any atom is 0.266 e. The lowest BCUT2D eigenvalue weighted by Gasteiger charge is -2.28. The Labute approximate surface area is 232 Å². The maximum atomic E-state index is 13.4. The Morgan fingerprint density at radius 3 is 2.63 bits per heavy atom. The summed E-state index contributed by atoms with van der Waals surface area (Å²) in [5.41, 5.74) is 0.842. The summed E-state index contributed by atoms with van der Waals surface area (Å²) in [4.78, 5) is 30.0. The fourth-order valence-corrected chi connectivity index (χ4v) is 7.94. The van der Waals surface area contributed by atoms with Crippen molar-refractivity contribution in [1.29, 1.82) is 0 Å². The first-order chi connectivity index (χ1) is 18.1. The third-order valence-electron chi connectivity index (χ3n) is 7.29. The highest BCUT2D eigenvalue weighted by atomic mass is 32.2. The molecule has 0 radical (unpaired) electrons. The van der Waals surface area contributed by atoms with Crippen LogP contribution in [0.15, 0.2) is 45.7 Å². The van der Waals surface area contributed by atoms with Gasteiger partial charge in [0.15, 0.2) is 9.84 Å². The van der Waals surface area contributed by atoms with E-state index < -0.39 is 15.9 Å². The maximum absolute atomic E-state index is 13.4. The van der Waals surface area contributed by atoms with Crippen LogP contribution in [0.3, 0.4) is 0 Å². The first kappa shape index (κ1) is 27.0. The van der Waals surface area contributed by atoms with Crippen LogP contribution in [0.5, 0.6) is 5.75 Å². The highest BCUT2D eigenvalue weighted by Gasteiger charge is 2.39. The Bertz CT molecular complexity index is 1380. The van der Waals surface area contributed by atoms with E-state index in [9.17, 15) is 18.0 Å². The van der Waals surface area contributed by atoms with Crippen LogP contribution < -0.4 is 4.74 Å². The molecule has 5 rings (SSSR count). The van der Waals surface area contributed by atoms with Crippen molar-refractivity contribution in [3.05, 3.63) is 58.4 Å². The monoisotopic (exact) mass is 574 g/mol. The van der Waals surface area contributed by atoms with Gasteiger partial charge in [0.25, 0.3) is 5.91 Å². The van der Waals surface area contributed by atoms with Crippen molar-refractivity contribution < 1.29 is 27.2 Å². The normalized spacial score (nSPS) is 25.3. The highest BCUT2D eigenvalue weighted by Crippen LogP contribution is 2.47. The van der Waals surface area contributed by atoms with E-state index in [0.29, 0.717) is 33.2 Å². The van der Waals surface area contributed by atoms with Gasteiger partial charge in [0.05, 0.1) is 30.1 Å². The minimum absolute atomic E-state index is 0.0338. The molecule has 38 heavy (non-hydrogen) atoms. The van der Waals surface area contributed by atoms with E-state index in [-0.39, 0.29) is 42.8 Å². The van der Waals surface area contributed by atoms with Crippen molar-refractivity contribution in [2.45, 2.75) is 44.7 Å². The number of thioether (sulfide) groups is 1. The standard InChI is InChI=1S/C27H30N2O6S3/c1-17-13-22(17)23-8-7-21(35-23)15-29(19-10-12-38(32,33)16-19)25(30)9-11-28-26(31)24(37-27(28)36)14-18-3-5-20(34-2)6-4-18/h3-8,14,17,19,22H,9-13,15-16H2,1-2H3/b24-14-. The van der Waals surface area contributed by atoms with Crippen LogP contribution >= 0.6 is 24.0 Å². The molecule has 0 spiro atoms. The number of ether oxygens (including phenoxy) is 1. The fraction of sp³-hybridized carbons (Fsp3) is 0.444. The van der Waals surface area contributed by atoms with Crippen LogP contribution in [-0.2, 0) is 26.0 Å². The minimum Gasteiger partial charge on any atom is -0.497 e. The second-order valence-corrected chi connectivity index (χ2v) is 14.0. The van der Waals surface area contributed by atoms with E-state index in [1.807, 2.05) is 36.4 Å². The van der Waals surface area contributed by atoms with Gasteiger partial charge < -0.3 is 14.1 Å². The number of carbonyl (C=O) groups is 2. The summed E-state index contributed by atoms with van der Waals surface area (Å²) in [5.74, 6) is 2.83. The van der Waals surface area contributed by atoms with Crippen molar-refractivity contribution in [3.63, 3.8) is 0 Å². The predicted octanol–water partition coefficient (Wildman–Crippen LogP) is 4.22. The van der Waals surface area contributed by atoms with Crippen LogP contribution in [0, 0.1) is 5.92 Å². The molecule has 0 N–H and O–H groups in total. The zero-order valence-electron chi connectivity index (χ0n) is 21.3. The topological polar surface area (TPSA) is 97.1 Å². The summed E-state index contributed by atoms with van der Waals surface area (Å²) in [5, 5.41) is 0. The van der Waals surface area contributed by atoms with Gasteiger partial charge in [-0.1, -0.05) is 43.0 Å². The van der Waals surface area contributed by atoms with Gasteiger partial charge in [0.1, 0.15) is 21.6 Å². The zero-order valence-corrected chi connectivity index (χ0v) is 23.7. The molecule has 3 aliphatic rings. The van der Waals surface area contributed by atoms with Crippen LogP contribution in [0.25, 0.3) is 6.08 Å². The third kappa shape index (κ3) is 6.00. The third-order valence-corrected chi connectivity index (χ3v) is 10.4. The predicted molar refractivity (Wildman–Crippen MR) is 150 cm³/mol. The Morgan fingerprint density at radius 1 is 1.26 bits per heavy atom. The van der Waals surface area contributed by atoms with Crippen LogP contribution in [0.4, 0.5) is 0 Å². The quantitative estimate of drug-likeness (QED) is 0.325. The minimum atomic E-state index is -3.19. The van der Waals surface area contributed by atoms with Gasteiger partial charge in [0, 0.05) is 24.9 Å². The lowest BCUT2D eigenvalue weighted by atomic mass is 10.2. The van der Waals surface area contributed by atoms with Crippen molar-refractivity contribution in [3.8, 4) is 5.75 Å². The number of nitrogens with zero attached hydrogens (tertiary/aromatic N) is 2. The van der Waals surface area contributed by atoms with E-state index in [2.05, 4.69) is 6.92 Å². The van der Waals surface area contributed by atoms with Gasteiger partial charge in [-0.25, -0.2) is 8.42 Å². The van der Waals surface area contributed by atoms with E-state index in [1.54, 1.807) is 18.1 Å². The molecule has 11 heteroatoms. The lowest BCUT2D eigenvalue weighted by molar-refractivity contribution is -0.134. The van der Waals surface area contributed by atoms with Gasteiger partial charge in [-0.15, -0.1) is 0 Å². The van der Waals surface area contributed by atoms with Gasteiger partial charge in [0.2, 0.25) is 5.91 Å². The molecule has 2 saturated heterocycles. The molecule has 3 unspecified atom stereocenters. The molecule has 1 saturated carbocycles. The van der Waals surface area contributed by atoms with E-state index >= 15 is 0 Å². The summed E-state index contributed by atoms with van der Waals surface area (Å²) in [6, 6.07) is 10.7. The summed E-state index contributed by atoms with van der Waals surface area (Å²) in [6.45, 7) is 2.50. The SMILES string of the molecule is COc1ccc(/C=C2\SC(=S)N(CCC(=O)N(Cc3ccc(C4CC4C)o3)C3CCS(=O)(=O)C3)C2=O)cc1. The fourth-order valence-electron chi connectivity index (χ4n) is 4.90. The molecule has 1 aromatic carbocycles. The highest BCUT2D eigenvalue weighted by molar-refractivity contribution is 8.26. The molecule has 1 aliphatic carbocycles. The number of rotatable bonds is 9. The van der Waals surface area contributed by atoms with Crippen molar-refractivity contribution in [2.75, 3.05) is 25.2 Å². The number of thiocarbonyl (C=S) groups is 1. The Morgan fingerprint density at radius 2 is 2.00 bits per heavy atom. The zero-order chi connectivity index (χ0) is 27.0. The molecule has 1 aromatic heterocycles. The van der Waals surface area contributed by atoms with E-state index in [1.165, 1.54) is 16.7 Å². The lowest BCUT2D eigenvalue weighted by Crippen LogP contribution is -2.42. The van der Waals surface area contributed by atoms with Crippen molar-refractivity contribution in [1.82, 2.24) is 9.80 Å². The molecule has 3 atom stereocenters. The molecule has 3 fully saturated rings. The summed E-state index contributed by atoms with van der Waals surface area (Å²) in [6.07, 6.45) is 3.29. The number of methoxy groups -OCH3 is 1. The van der Waals surface area contributed by atoms with Crippen molar-refractivity contribution in [2.24, 2.45) is 5.92 Å². The summed E-state index contributed by atoms with van der Waals surface area (Å²) >= 11 is 6.65. The Hall–Kier alpha value is -2.63. The van der Waals surface area contributed by atoms with E-state index in [4.69, 9.17) is 21.4 Å². The number of sulfone groups is 1. The summed E-state index contributed by atoms with van der Waals surface area (Å²) < 4.78 is 36.0. The Balaban J connectivity index is 1.26. The van der Waals surface area contributed by atoms with Crippen LogP contribution in [0.2, 0.25) is 0 Å². The van der Waals surface area contributed by atoms with Crippen LogP contribution in [-0.4, -0.2) is 65.6 Å². The molecule has 0 bridgehead atoms. The summed E-state index contributed by atoms with van der Waals surface area (Å²) in [7, 11) is -1.60. The molecule has 2 aromatic rings.